The normalized spacial score (nSPS) is 18.6. The lowest BCUT2D eigenvalue weighted by atomic mass is 9.95. The Morgan fingerprint density at radius 3 is 2.56 bits per heavy atom. The Balaban J connectivity index is 1.32. The molecule has 0 atom stereocenters. The second-order valence-corrected chi connectivity index (χ2v) is 9.46. The van der Waals surface area contributed by atoms with Crippen LogP contribution < -0.4 is 5.32 Å². The van der Waals surface area contributed by atoms with Crippen molar-refractivity contribution in [2.45, 2.75) is 17.4 Å². The molecular formula is C20H22N2O3S2. The zero-order valence-corrected chi connectivity index (χ0v) is 16.6. The molecule has 2 fully saturated rings. The molecular weight excluding hydrogens is 380 g/mol. The smallest absolute Gasteiger partial charge is 0.289 e. The quantitative estimate of drug-likeness (QED) is 0.828. The highest BCUT2D eigenvalue weighted by molar-refractivity contribution is 8.19. The van der Waals surface area contributed by atoms with Gasteiger partial charge >= 0.3 is 0 Å². The molecule has 0 aliphatic carbocycles. The molecule has 1 N–H and O–H groups in total. The van der Waals surface area contributed by atoms with Gasteiger partial charge in [-0.25, -0.2) is 0 Å². The van der Waals surface area contributed by atoms with Crippen LogP contribution in [0.25, 0.3) is 0 Å². The van der Waals surface area contributed by atoms with Crippen LogP contribution >= 0.6 is 23.5 Å². The third kappa shape index (κ3) is 4.35. The standard InChI is InChI=1S/C20H22N2O3S2/c23-18(21-16-4-1-3-15(13-16)20-26-11-12-27-20)14-6-8-22(9-7-14)19(24)17-5-2-10-25-17/h1-5,10,13-14,20H,6-9,11-12H2,(H,21,23). The van der Waals surface area contributed by atoms with Crippen molar-refractivity contribution in [3.63, 3.8) is 0 Å². The second kappa shape index (κ2) is 8.44. The Morgan fingerprint density at radius 2 is 1.85 bits per heavy atom. The van der Waals surface area contributed by atoms with E-state index in [4.69, 9.17) is 4.42 Å². The number of amides is 2. The van der Waals surface area contributed by atoms with Gasteiger partial charge in [-0.2, -0.15) is 0 Å². The number of piperidine rings is 1. The van der Waals surface area contributed by atoms with Crippen LogP contribution in [0.15, 0.2) is 47.1 Å². The summed E-state index contributed by atoms with van der Waals surface area (Å²) in [4.78, 5) is 26.7. The zero-order chi connectivity index (χ0) is 18.6. The lowest BCUT2D eigenvalue weighted by Gasteiger charge is -2.30. The molecule has 5 nitrogen and oxygen atoms in total. The number of anilines is 1. The van der Waals surface area contributed by atoms with E-state index in [2.05, 4.69) is 17.4 Å². The minimum Gasteiger partial charge on any atom is -0.459 e. The highest BCUT2D eigenvalue weighted by Crippen LogP contribution is 2.45. The van der Waals surface area contributed by atoms with Crippen molar-refractivity contribution in [1.29, 1.82) is 0 Å². The fourth-order valence-electron chi connectivity index (χ4n) is 3.46. The summed E-state index contributed by atoms with van der Waals surface area (Å²) >= 11 is 3.92. The summed E-state index contributed by atoms with van der Waals surface area (Å²) in [6, 6.07) is 11.6. The Hall–Kier alpha value is -1.86. The maximum Gasteiger partial charge on any atom is 0.289 e. The van der Waals surface area contributed by atoms with Crippen LogP contribution in [0, 0.1) is 5.92 Å². The Kier molecular flexibility index (Phi) is 5.78. The first kappa shape index (κ1) is 18.5. The monoisotopic (exact) mass is 402 g/mol. The molecule has 0 spiro atoms. The van der Waals surface area contributed by atoms with Gasteiger partial charge in [0.05, 0.1) is 10.8 Å². The third-order valence-corrected chi connectivity index (χ3v) is 8.04. The summed E-state index contributed by atoms with van der Waals surface area (Å²) in [6.45, 7) is 1.15. The lowest BCUT2D eigenvalue weighted by molar-refractivity contribution is -0.121. The molecule has 0 saturated carbocycles. The molecule has 0 unspecified atom stereocenters. The van der Waals surface area contributed by atoms with Crippen molar-refractivity contribution >= 4 is 41.0 Å². The molecule has 1 aromatic heterocycles. The van der Waals surface area contributed by atoms with Crippen LogP contribution in [0.1, 0.15) is 33.5 Å². The van der Waals surface area contributed by atoms with Gasteiger partial charge in [0.2, 0.25) is 5.91 Å². The first-order chi connectivity index (χ1) is 13.2. The SMILES string of the molecule is O=C(Nc1cccc(C2SCCS2)c1)C1CCN(C(=O)c2ccco2)CC1. The Morgan fingerprint density at radius 1 is 1.07 bits per heavy atom. The summed E-state index contributed by atoms with van der Waals surface area (Å²) in [5.41, 5.74) is 2.12. The molecule has 4 rings (SSSR count). The summed E-state index contributed by atoms with van der Waals surface area (Å²) in [6.07, 6.45) is 2.85. The highest BCUT2D eigenvalue weighted by Gasteiger charge is 2.29. The number of hydrogen-bond donors (Lipinski definition) is 1. The number of thioether (sulfide) groups is 2. The van der Waals surface area contributed by atoms with Gasteiger partial charge in [0, 0.05) is 36.2 Å². The number of nitrogens with zero attached hydrogens (tertiary/aromatic N) is 1. The van der Waals surface area contributed by atoms with Crippen LogP contribution in [-0.2, 0) is 4.79 Å². The van der Waals surface area contributed by atoms with Crippen molar-refractivity contribution in [2.75, 3.05) is 29.9 Å². The van der Waals surface area contributed by atoms with Gasteiger partial charge in [-0.05, 0) is 42.7 Å². The number of furan rings is 1. The van der Waals surface area contributed by atoms with E-state index in [0.717, 1.165) is 5.69 Å². The van der Waals surface area contributed by atoms with Crippen molar-refractivity contribution in [3.05, 3.63) is 54.0 Å². The lowest BCUT2D eigenvalue weighted by Crippen LogP contribution is -2.41. The Bertz CT molecular complexity index is 795. The molecule has 7 heteroatoms. The molecule has 0 radical (unpaired) electrons. The summed E-state index contributed by atoms with van der Waals surface area (Å²) in [7, 11) is 0. The molecule has 3 heterocycles. The number of hydrogen-bond acceptors (Lipinski definition) is 5. The molecule has 0 bridgehead atoms. The minimum atomic E-state index is -0.0990. The third-order valence-electron chi connectivity index (χ3n) is 4.93. The van der Waals surface area contributed by atoms with Gasteiger partial charge in [0.25, 0.3) is 5.91 Å². The number of rotatable bonds is 4. The van der Waals surface area contributed by atoms with E-state index in [0.29, 0.717) is 36.3 Å². The largest absolute Gasteiger partial charge is 0.459 e. The first-order valence-electron chi connectivity index (χ1n) is 9.17. The number of nitrogens with one attached hydrogen (secondary N) is 1. The highest BCUT2D eigenvalue weighted by atomic mass is 32.2. The molecule has 2 saturated heterocycles. The predicted molar refractivity (Wildman–Crippen MR) is 110 cm³/mol. The maximum absolute atomic E-state index is 12.7. The molecule has 142 valence electrons. The van der Waals surface area contributed by atoms with Crippen LogP contribution in [0.4, 0.5) is 5.69 Å². The van der Waals surface area contributed by atoms with Crippen LogP contribution in [-0.4, -0.2) is 41.3 Å². The fourth-order valence-corrected chi connectivity index (χ4v) is 6.30. The van der Waals surface area contributed by atoms with Crippen LogP contribution in [0.2, 0.25) is 0 Å². The van der Waals surface area contributed by atoms with Gasteiger partial charge in [0.1, 0.15) is 0 Å². The zero-order valence-electron chi connectivity index (χ0n) is 14.9. The van der Waals surface area contributed by atoms with E-state index in [9.17, 15) is 9.59 Å². The average Bonchev–Trinajstić information content (AvgIpc) is 3.42. The van der Waals surface area contributed by atoms with Crippen molar-refractivity contribution in [2.24, 2.45) is 5.92 Å². The number of carbonyl (C=O) groups is 2. The van der Waals surface area contributed by atoms with Crippen molar-refractivity contribution < 1.29 is 14.0 Å². The molecule has 2 amide bonds. The van der Waals surface area contributed by atoms with Crippen LogP contribution in [0.3, 0.4) is 0 Å². The molecule has 2 aliphatic heterocycles. The molecule has 1 aromatic carbocycles. The fraction of sp³-hybridized carbons (Fsp3) is 0.400. The van der Waals surface area contributed by atoms with Gasteiger partial charge in [-0.15, -0.1) is 23.5 Å². The topological polar surface area (TPSA) is 62.6 Å². The summed E-state index contributed by atoms with van der Waals surface area (Å²) < 4.78 is 5.65. The van der Waals surface area contributed by atoms with Gasteiger partial charge in [0.15, 0.2) is 5.76 Å². The molecule has 27 heavy (non-hydrogen) atoms. The molecule has 2 aromatic rings. The van der Waals surface area contributed by atoms with E-state index < -0.39 is 0 Å². The van der Waals surface area contributed by atoms with E-state index in [-0.39, 0.29) is 17.7 Å². The molecule has 2 aliphatic rings. The predicted octanol–water partition coefficient (Wildman–Crippen LogP) is 4.25. The van der Waals surface area contributed by atoms with Gasteiger partial charge in [-0.1, -0.05) is 12.1 Å². The van der Waals surface area contributed by atoms with Gasteiger partial charge in [-0.3, -0.25) is 9.59 Å². The minimum absolute atomic E-state index is 0.0453. The van der Waals surface area contributed by atoms with Crippen molar-refractivity contribution in [1.82, 2.24) is 4.90 Å². The van der Waals surface area contributed by atoms with Crippen molar-refractivity contribution in [3.8, 4) is 0 Å². The van der Waals surface area contributed by atoms with Crippen LogP contribution in [0.5, 0.6) is 0 Å². The average molecular weight is 403 g/mol. The first-order valence-corrected chi connectivity index (χ1v) is 11.3. The second-order valence-electron chi connectivity index (χ2n) is 6.73. The number of carbonyl (C=O) groups excluding carboxylic acids is 2. The summed E-state index contributed by atoms with van der Waals surface area (Å²) in [5, 5.41) is 3.07. The van der Waals surface area contributed by atoms with E-state index >= 15 is 0 Å². The Labute approximate surface area is 167 Å². The number of likely N-dealkylation sites (tertiary alicyclic amines) is 1. The van der Waals surface area contributed by atoms with E-state index in [1.807, 2.05) is 35.7 Å². The van der Waals surface area contributed by atoms with Gasteiger partial charge < -0.3 is 14.6 Å². The summed E-state index contributed by atoms with van der Waals surface area (Å²) in [5.74, 6) is 2.60. The maximum atomic E-state index is 12.7. The van der Waals surface area contributed by atoms with E-state index in [1.165, 1.54) is 23.3 Å². The van der Waals surface area contributed by atoms with E-state index in [1.54, 1.807) is 17.0 Å². The number of benzene rings is 1.